The van der Waals surface area contributed by atoms with Gasteiger partial charge < -0.3 is 21.4 Å². The summed E-state index contributed by atoms with van der Waals surface area (Å²) in [6.07, 6.45) is 1.53. The lowest BCUT2D eigenvalue weighted by Gasteiger charge is -2.33. The maximum atomic E-state index is 6.28. The Morgan fingerprint density at radius 3 is 2.50 bits per heavy atom. The smallest absolute Gasteiger partial charge is 0.169 e. The Hall–Kier alpha value is -2.38. The van der Waals surface area contributed by atoms with Gasteiger partial charge in [0.2, 0.25) is 0 Å². The highest BCUT2D eigenvalue weighted by Gasteiger charge is 2.16. The first-order chi connectivity index (χ1) is 11.5. The van der Waals surface area contributed by atoms with E-state index in [1.165, 1.54) is 11.9 Å². The molecule has 0 amide bonds. The first-order valence-corrected chi connectivity index (χ1v) is 8.18. The Bertz CT molecular complexity index is 708. The van der Waals surface area contributed by atoms with E-state index in [0.29, 0.717) is 17.3 Å². The van der Waals surface area contributed by atoms with Gasteiger partial charge in [-0.2, -0.15) is 0 Å². The summed E-state index contributed by atoms with van der Waals surface area (Å²) in [4.78, 5) is 10.9. The van der Waals surface area contributed by atoms with E-state index < -0.39 is 0 Å². The van der Waals surface area contributed by atoms with Gasteiger partial charge >= 0.3 is 0 Å². The summed E-state index contributed by atoms with van der Waals surface area (Å²) in [7, 11) is 2.13. The summed E-state index contributed by atoms with van der Waals surface area (Å²) in [5.74, 6) is 1.26. The fourth-order valence-electron chi connectivity index (χ4n) is 2.65. The normalized spacial score (nSPS) is 16.1. The molecule has 24 heavy (non-hydrogen) atoms. The van der Waals surface area contributed by atoms with Gasteiger partial charge in [0.1, 0.15) is 12.0 Å². The molecule has 0 radical (unpaired) electrons. The van der Waals surface area contributed by atoms with Crippen molar-refractivity contribution in [3.63, 3.8) is 0 Å². The van der Waals surface area contributed by atoms with Gasteiger partial charge in [-0.25, -0.2) is 15.0 Å². The fraction of sp³-hybridized carbons (Fsp3) is 0.412. The predicted molar refractivity (Wildman–Crippen MR) is 98.3 cm³/mol. The number of anilines is 4. The zero-order chi connectivity index (χ0) is 17.1. The van der Waals surface area contributed by atoms with Gasteiger partial charge in [0.05, 0.1) is 0 Å². The number of aromatic nitrogens is 2. The highest BCUT2D eigenvalue weighted by Crippen LogP contribution is 2.28. The summed E-state index contributed by atoms with van der Waals surface area (Å²) in [6, 6.07) is 6.26. The number of likely N-dealkylation sites (N-methyl/N-ethyl adjacent to an activating group) is 1. The minimum atomic E-state index is 0.525. The molecule has 7 heteroatoms. The monoisotopic (exact) mass is 327 g/mol. The number of benzene rings is 1. The Morgan fingerprint density at radius 1 is 1.04 bits per heavy atom. The molecule has 0 atom stereocenters. The Balaban J connectivity index is 1.77. The van der Waals surface area contributed by atoms with Crippen molar-refractivity contribution >= 4 is 23.0 Å². The third-order valence-electron chi connectivity index (χ3n) is 4.30. The molecule has 1 aromatic carbocycles. The Kier molecular flexibility index (Phi) is 4.82. The van der Waals surface area contributed by atoms with Crippen LogP contribution in [0.2, 0.25) is 0 Å². The summed E-state index contributed by atoms with van der Waals surface area (Å²) in [6.45, 7) is 8.02. The highest BCUT2D eigenvalue weighted by molar-refractivity contribution is 5.78. The molecule has 4 N–H and O–H groups in total. The van der Waals surface area contributed by atoms with E-state index >= 15 is 0 Å². The number of hydrogen-bond donors (Lipinski definition) is 3. The zero-order valence-electron chi connectivity index (χ0n) is 14.5. The maximum Gasteiger partial charge on any atom is 0.169 e. The van der Waals surface area contributed by atoms with E-state index in [1.54, 1.807) is 0 Å². The third kappa shape index (κ3) is 3.74. The molecule has 0 unspecified atom stereocenters. The van der Waals surface area contributed by atoms with Crippen LogP contribution in [0.25, 0.3) is 0 Å². The zero-order valence-corrected chi connectivity index (χ0v) is 14.5. The Morgan fingerprint density at radius 2 is 1.75 bits per heavy atom. The number of piperazine rings is 1. The van der Waals surface area contributed by atoms with Crippen molar-refractivity contribution in [1.29, 1.82) is 0 Å². The summed E-state index contributed by atoms with van der Waals surface area (Å²) >= 11 is 0. The average molecular weight is 327 g/mol. The van der Waals surface area contributed by atoms with Crippen LogP contribution in [0.4, 0.5) is 23.0 Å². The second-order valence-corrected chi connectivity index (χ2v) is 6.33. The summed E-state index contributed by atoms with van der Waals surface area (Å²) in [5, 5.41) is 5.46. The van der Waals surface area contributed by atoms with Crippen LogP contribution in [0.1, 0.15) is 11.1 Å². The van der Waals surface area contributed by atoms with Crippen LogP contribution in [0, 0.1) is 13.8 Å². The quantitative estimate of drug-likeness (QED) is 0.792. The lowest BCUT2D eigenvalue weighted by Crippen LogP contribution is -2.47. The predicted octanol–water partition coefficient (Wildman–Crippen LogP) is 1.99. The standard InChI is InChI=1S/C17H25N7/c1-12-4-5-13(2)14(10-12)21-16-15(18)17(20-11-19-16)22-24-8-6-23(3)7-9-24/h4-5,10-11H,6-9,18H2,1-3H3,(H2,19,20,21,22). The van der Waals surface area contributed by atoms with E-state index in [-0.39, 0.29) is 0 Å². The van der Waals surface area contributed by atoms with Crippen molar-refractivity contribution in [1.82, 2.24) is 19.9 Å². The molecule has 0 saturated carbocycles. The van der Waals surface area contributed by atoms with Crippen molar-refractivity contribution in [3.8, 4) is 0 Å². The van der Waals surface area contributed by atoms with E-state index in [0.717, 1.165) is 37.4 Å². The van der Waals surface area contributed by atoms with Gasteiger partial charge in [-0.3, -0.25) is 0 Å². The molecule has 1 saturated heterocycles. The van der Waals surface area contributed by atoms with Crippen molar-refractivity contribution in [2.45, 2.75) is 13.8 Å². The molecule has 0 spiro atoms. The minimum Gasteiger partial charge on any atom is -0.393 e. The summed E-state index contributed by atoms with van der Waals surface area (Å²) in [5.41, 5.74) is 13.5. The van der Waals surface area contributed by atoms with Gasteiger partial charge in [0.15, 0.2) is 11.6 Å². The topological polar surface area (TPSA) is 82.3 Å². The van der Waals surface area contributed by atoms with Crippen LogP contribution in [0.3, 0.4) is 0 Å². The minimum absolute atomic E-state index is 0.525. The average Bonchev–Trinajstić information content (AvgIpc) is 2.56. The molecule has 2 aromatic rings. The molecule has 7 nitrogen and oxygen atoms in total. The van der Waals surface area contributed by atoms with E-state index in [1.807, 2.05) is 0 Å². The van der Waals surface area contributed by atoms with Gasteiger partial charge in [-0.05, 0) is 38.1 Å². The Labute approximate surface area is 142 Å². The van der Waals surface area contributed by atoms with Gasteiger partial charge in [0.25, 0.3) is 0 Å². The van der Waals surface area contributed by atoms with Crippen LogP contribution in [-0.4, -0.2) is 53.1 Å². The molecule has 2 heterocycles. The molecule has 128 valence electrons. The molecule has 1 aliphatic heterocycles. The molecule has 0 aliphatic carbocycles. The highest BCUT2D eigenvalue weighted by atomic mass is 15.5. The number of aryl methyl sites for hydroxylation is 2. The second kappa shape index (κ2) is 7.02. The van der Waals surface area contributed by atoms with Crippen LogP contribution in [0.5, 0.6) is 0 Å². The van der Waals surface area contributed by atoms with Gasteiger partial charge in [-0.1, -0.05) is 12.1 Å². The lowest BCUT2D eigenvalue weighted by molar-refractivity contribution is 0.178. The van der Waals surface area contributed by atoms with Gasteiger partial charge in [-0.15, -0.1) is 0 Å². The SMILES string of the molecule is Cc1ccc(C)c(Nc2ncnc(NN3CCN(C)CC3)c2N)c1. The van der Waals surface area contributed by atoms with E-state index in [2.05, 4.69) is 69.7 Å². The molecular formula is C17H25N7. The number of rotatable bonds is 4. The number of hydrazine groups is 1. The number of nitrogens with two attached hydrogens (primary N) is 1. The van der Waals surface area contributed by atoms with Crippen molar-refractivity contribution in [3.05, 3.63) is 35.7 Å². The molecule has 3 rings (SSSR count). The first-order valence-electron chi connectivity index (χ1n) is 8.18. The van der Waals surface area contributed by atoms with Crippen LogP contribution >= 0.6 is 0 Å². The van der Waals surface area contributed by atoms with Crippen molar-refractivity contribution in [2.75, 3.05) is 49.7 Å². The van der Waals surface area contributed by atoms with E-state index in [4.69, 9.17) is 5.73 Å². The van der Waals surface area contributed by atoms with Crippen LogP contribution in [0.15, 0.2) is 24.5 Å². The summed E-state index contributed by atoms with van der Waals surface area (Å²) < 4.78 is 0. The van der Waals surface area contributed by atoms with Crippen LogP contribution in [-0.2, 0) is 0 Å². The number of hydrogen-bond acceptors (Lipinski definition) is 7. The fourth-order valence-corrected chi connectivity index (χ4v) is 2.65. The second-order valence-electron chi connectivity index (χ2n) is 6.33. The maximum absolute atomic E-state index is 6.28. The van der Waals surface area contributed by atoms with Gasteiger partial charge in [0, 0.05) is 31.9 Å². The van der Waals surface area contributed by atoms with Crippen molar-refractivity contribution < 1.29 is 0 Å². The molecule has 1 fully saturated rings. The number of nitrogen functional groups attached to an aromatic ring is 1. The lowest BCUT2D eigenvalue weighted by atomic mass is 10.1. The van der Waals surface area contributed by atoms with Crippen LogP contribution < -0.4 is 16.5 Å². The molecular weight excluding hydrogens is 302 g/mol. The largest absolute Gasteiger partial charge is 0.393 e. The molecule has 0 bridgehead atoms. The number of nitrogens with one attached hydrogen (secondary N) is 2. The third-order valence-corrected chi connectivity index (χ3v) is 4.30. The number of nitrogens with zero attached hydrogens (tertiary/aromatic N) is 4. The van der Waals surface area contributed by atoms with E-state index in [9.17, 15) is 0 Å². The first kappa shape index (κ1) is 16.5. The molecule has 1 aliphatic rings. The molecule has 1 aromatic heterocycles. The van der Waals surface area contributed by atoms with Crippen molar-refractivity contribution in [2.24, 2.45) is 0 Å².